The van der Waals surface area contributed by atoms with E-state index in [-0.39, 0.29) is 30.2 Å². The molecule has 0 aliphatic heterocycles. The van der Waals surface area contributed by atoms with Gasteiger partial charge in [-0.05, 0) is 24.1 Å². The molecule has 0 fully saturated rings. The molecule has 0 spiro atoms. The average Bonchev–Trinajstić information content (AvgIpc) is 2.52. The molecule has 0 saturated carbocycles. The van der Waals surface area contributed by atoms with Crippen LogP contribution in [0.5, 0.6) is 5.75 Å². The van der Waals surface area contributed by atoms with Crippen LogP contribution >= 0.6 is 0 Å². The fraction of sp³-hybridized carbons (Fsp3) is 0.467. The quantitative estimate of drug-likeness (QED) is 0.630. The van der Waals surface area contributed by atoms with Crippen LogP contribution in [0.15, 0.2) is 18.2 Å². The monoisotopic (exact) mass is 311 g/mol. The highest BCUT2D eigenvalue weighted by Gasteiger charge is 2.21. The van der Waals surface area contributed by atoms with Crippen LogP contribution in [0, 0.1) is 0 Å². The number of carbonyl (C=O) groups excluding carboxylic acids is 2. The zero-order chi connectivity index (χ0) is 16.7. The first-order chi connectivity index (χ1) is 10.4. The van der Waals surface area contributed by atoms with Crippen molar-refractivity contribution in [2.75, 3.05) is 20.8 Å². The Hall–Kier alpha value is -2.12. The fourth-order valence-electron chi connectivity index (χ4n) is 1.95. The minimum absolute atomic E-state index is 0.196. The smallest absolute Gasteiger partial charge is 0.341 e. The number of hydrogen-bond donors (Lipinski definition) is 3. The summed E-state index contributed by atoms with van der Waals surface area (Å²) in [5, 5.41) is 22.6. The number of hydrogen-bond acceptors (Lipinski definition) is 6. The van der Waals surface area contributed by atoms with E-state index in [1.165, 1.54) is 39.3 Å². The van der Waals surface area contributed by atoms with Crippen molar-refractivity contribution in [1.29, 1.82) is 0 Å². The molecular formula is C15H21NO6. The molecule has 7 nitrogen and oxygen atoms in total. The number of nitrogens with one attached hydrogen (secondary N) is 1. The van der Waals surface area contributed by atoms with Crippen molar-refractivity contribution in [2.24, 2.45) is 0 Å². The molecule has 0 bridgehead atoms. The molecule has 1 amide bonds. The van der Waals surface area contributed by atoms with Crippen LogP contribution in [0.1, 0.15) is 35.4 Å². The maximum atomic E-state index is 11.6. The highest BCUT2D eigenvalue weighted by atomic mass is 16.5. The van der Waals surface area contributed by atoms with Crippen molar-refractivity contribution in [3.63, 3.8) is 0 Å². The van der Waals surface area contributed by atoms with Crippen molar-refractivity contribution in [3.8, 4) is 5.75 Å². The van der Waals surface area contributed by atoms with Crippen LogP contribution in [-0.2, 0) is 9.53 Å². The van der Waals surface area contributed by atoms with Crippen molar-refractivity contribution < 1.29 is 29.3 Å². The van der Waals surface area contributed by atoms with Gasteiger partial charge in [0.25, 0.3) is 0 Å². The average molecular weight is 311 g/mol. The highest BCUT2D eigenvalue weighted by Crippen LogP contribution is 2.26. The van der Waals surface area contributed by atoms with E-state index in [9.17, 15) is 19.8 Å². The Balaban J connectivity index is 2.82. The first-order valence-corrected chi connectivity index (χ1v) is 6.77. The summed E-state index contributed by atoms with van der Waals surface area (Å²) in [5.41, 5.74) is 0.633. The molecule has 0 radical (unpaired) electrons. The van der Waals surface area contributed by atoms with Crippen molar-refractivity contribution in [2.45, 2.75) is 25.6 Å². The van der Waals surface area contributed by atoms with Gasteiger partial charge in [-0.2, -0.15) is 0 Å². The van der Waals surface area contributed by atoms with E-state index in [1.807, 2.05) is 0 Å². The Kier molecular flexibility index (Phi) is 6.81. The number of methoxy groups -OCH3 is 2. The van der Waals surface area contributed by atoms with Crippen LogP contribution in [0.2, 0.25) is 0 Å². The van der Waals surface area contributed by atoms with Gasteiger partial charge in [-0.3, -0.25) is 4.79 Å². The lowest BCUT2D eigenvalue weighted by Crippen LogP contribution is -2.27. The summed E-state index contributed by atoms with van der Waals surface area (Å²) in [6.45, 7) is 1.63. The van der Waals surface area contributed by atoms with E-state index in [1.54, 1.807) is 0 Å². The number of amides is 1. The van der Waals surface area contributed by atoms with E-state index in [2.05, 4.69) is 10.1 Å². The zero-order valence-electron chi connectivity index (χ0n) is 12.8. The molecule has 2 atom stereocenters. The lowest BCUT2D eigenvalue weighted by molar-refractivity contribution is -0.119. The normalized spacial score (nSPS) is 13.1. The van der Waals surface area contributed by atoms with Gasteiger partial charge in [-0.25, -0.2) is 4.79 Å². The van der Waals surface area contributed by atoms with E-state index in [0.717, 1.165) is 0 Å². The number of aliphatic hydroxyl groups is 2. The van der Waals surface area contributed by atoms with Crippen molar-refractivity contribution in [3.05, 3.63) is 29.3 Å². The number of esters is 1. The van der Waals surface area contributed by atoms with Gasteiger partial charge in [0.15, 0.2) is 0 Å². The second-order valence-corrected chi connectivity index (χ2v) is 4.74. The van der Waals surface area contributed by atoms with Gasteiger partial charge in [-0.15, -0.1) is 0 Å². The molecule has 3 N–H and O–H groups in total. The fourth-order valence-corrected chi connectivity index (χ4v) is 1.95. The van der Waals surface area contributed by atoms with Crippen LogP contribution < -0.4 is 10.1 Å². The molecule has 0 aliphatic carbocycles. The first kappa shape index (κ1) is 17.9. The number of ether oxygens (including phenoxy) is 2. The third-order valence-corrected chi connectivity index (χ3v) is 3.15. The minimum Gasteiger partial charge on any atom is -0.496 e. The molecule has 0 aliphatic rings. The molecular weight excluding hydrogens is 290 g/mol. The van der Waals surface area contributed by atoms with Crippen molar-refractivity contribution in [1.82, 2.24) is 5.32 Å². The van der Waals surface area contributed by atoms with Gasteiger partial charge < -0.3 is 25.0 Å². The molecule has 7 heteroatoms. The van der Waals surface area contributed by atoms with E-state index >= 15 is 0 Å². The van der Waals surface area contributed by atoms with E-state index in [4.69, 9.17) is 4.74 Å². The highest BCUT2D eigenvalue weighted by molar-refractivity contribution is 5.92. The second kappa shape index (κ2) is 8.35. The number of benzene rings is 1. The Labute approximate surface area is 128 Å². The zero-order valence-corrected chi connectivity index (χ0v) is 12.8. The lowest BCUT2D eigenvalue weighted by Gasteiger charge is -2.19. The summed E-state index contributed by atoms with van der Waals surface area (Å²) in [6.07, 6.45) is -2.02. The molecule has 1 rings (SSSR count). The number of rotatable bonds is 7. The molecule has 1 aromatic carbocycles. The van der Waals surface area contributed by atoms with Gasteiger partial charge in [0, 0.05) is 13.5 Å². The third-order valence-electron chi connectivity index (χ3n) is 3.15. The summed E-state index contributed by atoms with van der Waals surface area (Å²) in [7, 11) is 2.65. The summed E-state index contributed by atoms with van der Waals surface area (Å²) in [5.74, 6) is -0.507. The maximum absolute atomic E-state index is 11.6. The van der Waals surface area contributed by atoms with Gasteiger partial charge >= 0.3 is 5.97 Å². The van der Waals surface area contributed by atoms with Crippen LogP contribution in [0.3, 0.4) is 0 Å². The standard InChI is InChI=1S/C15H21NO6/c1-9(17)16-7-6-12(18)14(19)10-4-5-11(15(20)22-3)13(8-10)21-2/h4-5,8,12,14,18-19H,6-7H2,1-3H3,(H,16,17). The predicted molar refractivity (Wildman–Crippen MR) is 78.6 cm³/mol. The van der Waals surface area contributed by atoms with Gasteiger partial charge in [0.1, 0.15) is 17.4 Å². The predicted octanol–water partition coefficient (Wildman–Crippen LogP) is 0.402. The minimum atomic E-state index is -1.16. The summed E-state index contributed by atoms with van der Waals surface area (Å²) < 4.78 is 9.73. The van der Waals surface area contributed by atoms with E-state index in [0.29, 0.717) is 5.56 Å². The van der Waals surface area contributed by atoms with Crippen LogP contribution in [0.25, 0.3) is 0 Å². The molecule has 0 saturated heterocycles. The van der Waals surface area contributed by atoms with Crippen LogP contribution in [0.4, 0.5) is 0 Å². The summed E-state index contributed by atoms with van der Waals surface area (Å²) in [6, 6.07) is 4.45. The second-order valence-electron chi connectivity index (χ2n) is 4.74. The molecule has 122 valence electrons. The number of aliphatic hydroxyl groups excluding tert-OH is 2. The topological polar surface area (TPSA) is 105 Å². The molecule has 0 heterocycles. The number of carbonyl (C=O) groups is 2. The largest absolute Gasteiger partial charge is 0.496 e. The first-order valence-electron chi connectivity index (χ1n) is 6.77. The molecule has 1 aromatic rings. The molecule has 22 heavy (non-hydrogen) atoms. The Morgan fingerprint density at radius 1 is 1.27 bits per heavy atom. The lowest BCUT2D eigenvalue weighted by atomic mass is 10.00. The van der Waals surface area contributed by atoms with Crippen LogP contribution in [-0.4, -0.2) is 49.0 Å². The third kappa shape index (κ3) is 4.71. The Morgan fingerprint density at radius 3 is 2.50 bits per heavy atom. The molecule has 2 unspecified atom stereocenters. The Bertz CT molecular complexity index is 531. The van der Waals surface area contributed by atoms with Gasteiger partial charge in [-0.1, -0.05) is 6.07 Å². The maximum Gasteiger partial charge on any atom is 0.341 e. The summed E-state index contributed by atoms with van der Waals surface area (Å²) in [4.78, 5) is 22.3. The van der Waals surface area contributed by atoms with Crippen molar-refractivity contribution >= 4 is 11.9 Å². The van der Waals surface area contributed by atoms with Gasteiger partial charge in [0.2, 0.25) is 5.91 Å². The molecule has 0 aromatic heterocycles. The Morgan fingerprint density at radius 2 is 1.95 bits per heavy atom. The van der Waals surface area contributed by atoms with Gasteiger partial charge in [0.05, 0.1) is 20.3 Å². The summed E-state index contributed by atoms with van der Waals surface area (Å²) >= 11 is 0. The SMILES string of the molecule is COC(=O)c1ccc(C(O)C(O)CCNC(C)=O)cc1OC. The van der Waals surface area contributed by atoms with E-state index < -0.39 is 18.2 Å².